The summed E-state index contributed by atoms with van der Waals surface area (Å²) in [6, 6.07) is 10.6. The fourth-order valence-corrected chi connectivity index (χ4v) is 4.28. The van der Waals surface area contributed by atoms with E-state index in [1.165, 1.54) is 22.7 Å². The number of ketones is 1. The highest BCUT2D eigenvalue weighted by atomic mass is 16.6. The van der Waals surface area contributed by atoms with Crippen LogP contribution in [0.4, 0.5) is 4.79 Å². The minimum atomic E-state index is -0.690. The van der Waals surface area contributed by atoms with Gasteiger partial charge >= 0.3 is 12.0 Å². The Morgan fingerprint density at radius 1 is 1.10 bits per heavy atom. The number of benzene rings is 2. The molecule has 1 aliphatic rings. The molecule has 0 saturated heterocycles. The van der Waals surface area contributed by atoms with Gasteiger partial charge in [-0.15, -0.1) is 0 Å². The second-order valence-corrected chi connectivity index (χ2v) is 10.2. The van der Waals surface area contributed by atoms with E-state index in [1.54, 1.807) is 50.6 Å². The van der Waals surface area contributed by atoms with Crippen LogP contribution in [0.3, 0.4) is 0 Å². The first-order valence-electron chi connectivity index (χ1n) is 12.2. The molecule has 0 saturated carbocycles. The summed E-state index contributed by atoms with van der Waals surface area (Å²) >= 11 is 0. The minimum Gasteiger partial charge on any atom is -0.455 e. The number of esters is 1. The highest BCUT2D eigenvalue weighted by Crippen LogP contribution is 2.23. The van der Waals surface area contributed by atoms with Crippen LogP contribution in [-0.4, -0.2) is 48.9 Å². The van der Waals surface area contributed by atoms with Crippen LogP contribution in [0, 0.1) is 6.92 Å². The summed E-state index contributed by atoms with van der Waals surface area (Å²) in [6.45, 7) is 8.86. The average Bonchev–Trinajstić information content (AvgIpc) is 3.31. The van der Waals surface area contributed by atoms with Gasteiger partial charge in [0.25, 0.3) is 5.56 Å². The van der Waals surface area contributed by atoms with Gasteiger partial charge in [-0.25, -0.2) is 14.6 Å². The molecule has 39 heavy (non-hydrogen) atoms. The van der Waals surface area contributed by atoms with Gasteiger partial charge in [-0.1, -0.05) is 18.2 Å². The third-order valence-electron chi connectivity index (χ3n) is 5.97. The van der Waals surface area contributed by atoms with Crippen LogP contribution in [0.2, 0.25) is 0 Å². The Morgan fingerprint density at radius 2 is 1.79 bits per heavy atom. The van der Waals surface area contributed by atoms with Crippen molar-refractivity contribution in [3.63, 3.8) is 0 Å². The van der Waals surface area contributed by atoms with E-state index in [-0.39, 0.29) is 17.0 Å². The Hall–Kier alpha value is -4.80. The van der Waals surface area contributed by atoms with Crippen molar-refractivity contribution in [1.82, 2.24) is 18.9 Å². The predicted octanol–water partition coefficient (Wildman–Crippen LogP) is 2.05. The van der Waals surface area contributed by atoms with Gasteiger partial charge in [0.2, 0.25) is 0 Å². The number of primary amides is 1. The van der Waals surface area contributed by atoms with E-state index in [0.717, 1.165) is 16.1 Å². The molecule has 11 nitrogen and oxygen atoms in total. The summed E-state index contributed by atoms with van der Waals surface area (Å²) in [7, 11) is 1.57. The maximum atomic E-state index is 12.9. The quantitative estimate of drug-likeness (QED) is 0.311. The maximum absolute atomic E-state index is 12.9. The largest absolute Gasteiger partial charge is 0.455 e. The van der Waals surface area contributed by atoms with Crippen LogP contribution in [0.25, 0.3) is 22.8 Å². The van der Waals surface area contributed by atoms with Gasteiger partial charge in [-0.2, -0.15) is 0 Å². The van der Waals surface area contributed by atoms with Gasteiger partial charge in [0.15, 0.2) is 17.1 Å². The number of carbonyl (C=O) groups excluding carboxylic acids is 3. The van der Waals surface area contributed by atoms with Gasteiger partial charge in [-0.3, -0.25) is 28.4 Å². The summed E-state index contributed by atoms with van der Waals surface area (Å²) in [4.78, 5) is 58.1. The molecule has 5 rings (SSSR count). The van der Waals surface area contributed by atoms with E-state index in [0.29, 0.717) is 28.8 Å². The summed E-state index contributed by atoms with van der Waals surface area (Å²) < 4.78 is 8.36. The van der Waals surface area contributed by atoms with E-state index >= 15 is 0 Å². The molecule has 3 heterocycles. The van der Waals surface area contributed by atoms with Gasteiger partial charge < -0.3 is 10.5 Å². The lowest BCUT2D eigenvalue weighted by Gasteiger charge is -2.19. The maximum Gasteiger partial charge on any atom is 0.361 e. The molecule has 0 bridgehead atoms. The van der Waals surface area contributed by atoms with Crippen molar-refractivity contribution >= 4 is 40.5 Å². The molecule has 4 aromatic rings. The van der Waals surface area contributed by atoms with E-state index < -0.39 is 17.6 Å². The van der Waals surface area contributed by atoms with Crippen LogP contribution in [0.5, 0.6) is 0 Å². The molecule has 0 radical (unpaired) electrons. The van der Waals surface area contributed by atoms with Crippen molar-refractivity contribution < 1.29 is 19.1 Å². The standard InChI is InChI=1S/C19H21N3O4.C9H9N3O/c1-10-7-12(11(2)23)15-13(8-10)17(24)21(6)16-14(20-9-22(15)16)18(25)26-19(3,4)5;10-9(13)12-5-7-3-1-2-4-8(7)11-6-12/h7-9H,1-6H3;1-5H,6H2,(H2,10,13). The normalized spacial score (nSPS) is 12.6. The highest BCUT2D eigenvalue weighted by molar-refractivity contribution is 6.07. The highest BCUT2D eigenvalue weighted by Gasteiger charge is 2.25. The zero-order chi connectivity index (χ0) is 28.6. The van der Waals surface area contributed by atoms with Crippen LogP contribution in [-0.2, 0) is 11.8 Å². The number of amides is 2. The summed E-state index contributed by atoms with van der Waals surface area (Å²) in [6.07, 6.45) is 3.16. The SMILES string of the molecule is CC(=O)c1cc(C)cc2c(=O)n(C)c3c(C(=O)OC(C)(C)C)ncn3c12.NC(=O)N1C=c2ccccc2=NC1. The third-order valence-corrected chi connectivity index (χ3v) is 5.97. The first-order chi connectivity index (χ1) is 18.3. The number of fused-ring (bicyclic) bond motifs is 4. The number of hydrogen-bond acceptors (Lipinski definition) is 7. The fourth-order valence-electron chi connectivity index (χ4n) is 4.28. The lowest BCUT2D eigenvalue weighted by molar-refractivity contribution is 0.00651. The Labute approximate surface area is 223 Å². The zero-order valence-electron chi connectivity index (χ0n) is 22.7. The fraction of sp³-hybridized carbons (Fsp3) is 0.286. The molecule has 2 aromatic carbocycles. The molecule has 202 valence electrons. The molecule has 2 N–H and O–H groups in total. The number of para-hydroxylation sites is 1. The number of Topliss-reactive ketones (excluding diaryl/α,β-unsaturated/α-hetero) is 1. The second-order valence-electron chi connectivity index (χ2n) is 10.2. The van der Waals surface area contributed by atoms with E-state index in [2.05, 4.69) is 9.98 Å². The number of hydrogen-bond donors (Lipinski definition) is 1. The van der Waals surface area contributed by atoms with Gasteiger partial charge in [0.05, 0.1) is 16.3 Å². The molecule has 0 spiro atoms. The Bertz CT molecular complexity index is 1830. The first-order valence-corrected chi connectivity index (χ1v) is 12.2. The number of aryl methyl sites for hydroxylation is 2. The molecular weight excluding hydrogens is 500 g/mol. The molecule has 2 aromatic heterocycles. The molecule has 0 unspecified atom stereocenters. The van der Waals surface area contributed by atoms with Gasteiger partial charge in [0, 0.05) is 24.0 Å². The zero-order valence-corrected chi connectivity index (χ0v) is 22.7. The number of urea groups is 1. The molecular formula is C28H30N6O5. The van der Waals surface area contributed by atoms with Gasteiger partial charge in [-0.05, 0) is 58.4 Å². The van der Waals surface area contributed by atoms with Crippen molar-refractivity contribution in [3.05, 3.63) is 80.5 Å². The summed E-state index contributed by atoms with van der Waals surface area (Å²) in [5, 5.41) is 2.23. The molecule has 1 aliphatic heterocycles. The molecule has 2 amide bonds. The minimum absolute atomic E-state index is 0.0384. The summed E-state index contributed by atoms with van der Waals surface area (Å²) in [5.74, 6) is -0.786. The Morgan fingerprint density at radius 3 is 2.44 bits per heavy atom. The molecule has 11 heteroatoms. The number of imidazole rings is 1. The number of nitrogens with zero attached hydrogens (tertiary/aromatic N) is 5. The molecule has 0 aliphatic carbocycles. The number of aromatic nitrogens is 3. The van der Waals surface area contributed by atoms with Crippen LogP contribution >= 0.6 is 0 Å². The monoisotopic (exact) mass is 530 g/mol. The lowest BCUT2D eigenvalue weighted by atomic mass is 10.0. The van der Waals surface area contributed by atoms with Crippen molar-refractivity contribution in [2.75, 3.05) is 6.67 Å². The number of rotatable bonds is 2. The van der Waals surface area contributed by atoms with Crippen LogP contribution in [0.1, 0.15) is 54.1 Å². The van der Waals surface area contributed by atoms with Gasteiger partial charge in [0.1, 0.15) is 18.6 Å². The molecule has 0 fully saturated rings. The smallest absolute Gasteiger partial charge is 0.361 e. The van der Waals surface area contributed by atoms with Crippen molar-refractivity contribution in [2.45, 2.75) is 40.2 Å². The number of nitrogens with two attached hydrogens (primary N) is 1. The lowest BCUT2D eigenvalue weighted by Crippen LogP contribution is -2.40. The van der Waals surface area contributed by atoms with Crippen molar-refractivity contribution in [2.24, 2.45) is 17.8 Å². The van der Waals surface area contributed by atoms with E-state index in [9.17, 15) is 19.2 Å². The van der Waals surface area contributed by atoms with E-state index in [1.807, 2.05) is 31.2 Å². The number of ether oxygens (including phenoxy) is 1. The molecule has 0 atom stereocenters. The summed E-state index contributed by atoms with van der Waals surface area (Å²) in [5.41, 5.74) is 6.13. The van der Waals surface area contributed by atoms with Crippen LogP contribution < -0.4 is 21.9 Å². The third kappa shape index (κ3) is 5.42. The average molecular weight is 531 g/mol. The Balaban J connectivity index is 0.000000226. The predicted molar refractivity (Wildman–Crippen MR) is 146 cm³/mol. The number of carbonyl (C=O) groups is 3. The second kappa shape index (κ2) is 10.2. The Kier molecular flexibility index (Phi) is 7.10. The van der Waals surface area contributed by atoms with Crippen LogP contribution in [0.15, 0.2) is 52.5 Å². The van der Waals surface area contributed by atoms with Crippen molar-refractivity contribution in [1.29, 1.82) is 0 Å². The van der Waals surface area contributed by atoms with Crippen molar-refractivity contribution in [3.8, 4) is 0 Å². The first kappa shape index (κ1) is 27.2. The topological polar surface area (TPSA) is 141 Å². The van der Waals surface area contributed by atoms with E-state index in [4.69, 9.17) is 10.5 Å².